The highest BCUT2D eigenvalue weighted by Gasteiger charge is 2.30. The third-order valence-electron chi connectivity index (χ3n) is 6.26. The normalized spacial score (nSPS) is 13.8. The largest absolute Gasteiger partial charge is 0.462 e. The molecule has 3 aromatic rings. The molecule has 2 heterocycles. The van der Waals surface area contributed by atoms with Crippen LogP contribution in [0.2, 0.25) is 10.0 Å². The third kappa shape index (κ3) is 5.07. The predicted octanol–water partition coefficient (Wildman–Crippen LogP) is 3.67. The van der Waals surface area contributed by atoms with Crippen molar-refractivity contribution < 1.29 is 14.3 Å². The van der Waals surface area contributed by atoms with Gasteiger partial charge in [-0.05, 0) is 38.2 Å². The second-order valence-corrected chi connectivity index (χ2v) is 9.24. The van der Waals surface area contributed by atoms with Crippen LogP contribution >= 0.6 is 23.2 Å². The number of likely N-dealkylation sites (N-methyl/N-ethyl adjacent to an activating group) is 1. The van der Waals surface area contributed by atoms with Crippen LogP contribution < -0.4 is 15.8 Å². The number of ether oxygens (including phenoxy) is 1. The summed E-state index contributed by atoms with van der Waals surface area (Å²) in [5.41, 5.74) is 1.40. The molecule has 0 atom stereocenters. The minimum atomic E-state index is -0.643. The van der Waals surface area contributed by atoms with Gasteiger partial charge in [-0.25, -0.2) is 4.79 Å². The number of hydrogen-bond acceptors (Lipinski definition) is 6. The summed E-state index contributed by atoms with van der Waals surface area (Å²) in [5, 5.41) is 4.56. The van der Waals surface area contributed by atoms with Gasteiger partial charge in [0.1, 0.15) is 5.56 Å². The smallest absolute Gasteiger partial charge is 0.345 e. The minimum absolute atomic E-state index is 0.0240. The summed E-state index contributed by atoms with van der Waals surface area (Å²) in [6.07, 6.45) is 0. The van der Waals surface area contributed by atoms with Gasteiger partial charge >= 0.3 is 5.97 Å². The molecule has 2 aromatic carbocycles. The number of carbonyl (C=O) groups excluding carboxylic acids is 2. The van der Waals surface area contributed by atoms with Crippen LogP contribution in [0.25, 0.3) is 10.9 Å². The first-order chi connectivity index (χ1) is 17.4. The van der Waals surface area contributed by atoms with Crippen LogP contribution in [0, 0.1) is 0 Å². The molecule has 10 heteroatoms. The molecule has 1 fully saturated rings. The maximum atomic E-state index is 13.6. The number of hydrogen-bond donors (Lipinski definition) is 1. The highest BCUT2D eigenvalue weighted by Crippen LogP contribution is 2.31. The molecule has 0 unspecified atom stereocenters. The number of amides is 1. The van der Waals surface area contributed by atoms with Crippen LogP contribution in [0.3, 0.4) is 0 Å². The Balaban J connectivity index is 1.71. The lowest BCUT2D eigenvalue weighted by Crippen LogP contribution is -2.49. The number of anilines is 1. The Bertz CT molecular complexity index is 1350. The zero-order chi connectivity index (χ0) is 25.8. The van der Waals surface area contributed by atoms with Crippen molar-refractivity contribution in [3.8, 4) is 0 Å². The molecule has 1 aliphatic rings. The lowest BCUT2D eigenvalue weighted by atomic mass is 10.1. The van der Waals surface area contributed by atoms with Crippen molar-refractivity contribution in [2.75, 3.05) is 51.3 Å². The number of piperazine rings is 1. The molecule has 0 bridgehead atoms. The molecule has 4 rings (SSSR count). The molecule has 8 nitrogen and oxygen atoms in total. The lowest BCUT2D eigenvalue weighted by molar-refractivity contribution is 0.0523. The number of fused-ring (bicyclic) bond motifs is 1. The standard InChI is InChI=1S/C26H28Cl2N4O4/c1-3-36-26(35)22-23(18-6-4-5-7-21(18)32(25(22)34)11-10-29-2)30-12-14-31(15-13-30)24(33)17-8-9-19(27)20(28)16-17/h4-9,16,29H,3,10-15H2,1-2H3. The summed E-state index contributed by atoms with van der Waals surface area (Å²) < 4.78 is 6.92. The van der Waals surface area contributed by atoms with Crippen LogP contribution in [0.4, 0.5) is 5.69 Å². The number of para-hydroxylation sites is 1. The van der Waals surface area contributed by atoms with Gasteiger partial charge in [0.05, 0.1) is 27.9 Å². The monoisotopic (exact) mass is 530 g/mol. The number of esters is 1. The molecule has 1 aromatic heterocycles. The van der Waals surface area contributed by atoms with E-state index in [4.69, 9.17) is 27.9 Å². The van der Waals surface area contributed by atoms with E-state index in [0.717, 1.165) is 10.9 Å². The fraction of sp³-hybridized carbons (Fsp3) is 0.346. The average molecular weight is 531 g/mol. The summed E-state index contributed by atoms with van der Waals surface area (Å²) in [7, 11) is 1.81. The SMILES string of the molecule is CCOC(=O)c1c(N2CCN(C(=O)c3ccc(Cl)c(Cl)c3)CC2)c2ccccc2n(CCNC)c1=O. The fourth-order valence-corrected chi connectivity index (χ4v) is 4.79. The molecule has 190 valence electrons. The molecule has 0 radical (unpaired) electrons. The maximum absolute atomic E-state index is 13.6. The van der Waals surface area contributed by atoms with Crippen molar-refractivity contribution in [3.05, 3.63) is 74.0 Å². The van der Waals surface area contributed by atoms with Crippen molar-refractivity contribution in [1.29, 1.82) is 0 Å². The highest BCUT2D eigenvalue weighted by atomic mass is 35.5. The highest BCUT2D eigenvalue weighted by molar-refractivity contribution is 6.42. The van der Waals surface area contributed by atoms with Crippen LogP contribution in [-0.2, 0) is 11.3 Å². The van der Waals surface area contributed by atoms with Crippen LogP contribution in [0.5, 0.6) is 0 Å². The zero-order valence-electron chi connectivity index (χ0n) is 20.2. The molecule has 1 N–H and O–H groups in total. The first-order valence-electron chi connectivity index (χ1n) is 11.8. The van der Waals surface area contributed by atoms with Crippen molar-refractivity contribution >= 4 is 51.7 Å². The first kappa shape index (κ1) is 26.0. The van der Waals surface area contributed by atoms with Crippen LogP contribution in [-0.4, -0.2) is 67.7 Å². The lowest BCUT2D eigenvalue weighted by Gasteiger charge is -2.37. The van der Waals surface area contributed by atoms with E-state index >= 15 is 0 Å². The van der Waals surface area contributed by atoms with Crippen molar-refractivity contribution in [2.45, 2.75) is 13.5 Å². The topological polar surface area (TPSA) is 83.9 Å². The molecule has 1 aliphatic heterocycles. The first-order valence-corrected chi connectivity index (χ1v) is 12.6. The van der Waals surface area contributed by atoms with E-state index in [-0.39, 0.29) is 23.6 Å². The molecule has 1 amide bonds. The van der Waals surface area contributed by atoms with E-state index in [2.05, 4.69) is 5.32 Å². The van der Waals surface area contributed by atoms with E-state index < -0.39 is 5.97 Å². The number of pyridine rings is 1. The van der Waals surface area contributed by atoms with Gasteiger partial charge in [0.2, 0.25) is 0 Å². The number of halogens is 2. The number of benzene rings is 2. The van der Waals surface area contributed by atoms with E-state index in [1.807, 2.05) is 36.2 Å². The van der Waals surface area contributed by atoms with Gasteiger partial charge in [-0.2, -0.15) is 0 Å². The van der Waals surface area contributed by atoms with Gasteiger partial charge in [-0.3, -0.25) is 9.59 Å². The van der Waals surface area contributed by atoms with E-state index in [1.54, 1.807) is 34.6 Å². The van der Waals surface area contributed by atoms with Crippen molar-refractivity contribution in [2.24, 2.45) is 0 Å². The Kier molecular flexibility index (Phi) is 8.18. The Morgan fingerprint density at radius 1 is 1.03 bits per heavy atom. The summed E-state index contributed by atoms with van der Waals surface area (Å²) in [5.74, 6) is -0.790. The van der Waals surface area contributed by atoms with Crippen molar-refractivity contribution in [3.63, 3.8) is 0 Å². The fourth-order valence-electron chi connectivity index (χ4n) is 4.50. The van der Waals surface area contributed by atoms with E-state index in [9.17, 15) is 14.4 Å². The number of carbonyl (C=O) groups is 2. The Morgan fingerprint density at radius 3 is 2.42 bits per heavy atom. The molecular weight excluding hydrogens is 503 g/mol. The van der Waals surface area contributed by atoms with E-state index in [0.29, 0.717) is 60.6 Å². The number of nitrogens with zero attached hydrogens (tertiary/aromatic N) is 3. The summed E-state index contributed by atoms with van der Waals surface area (Å²) in [6, 6.07) is 12.4. The number of nitrogens with one attached hydrogen (secondary N) is 1. The molecule has 0 spiro atoms. The van der Waals surface area contributed by atoms with Gasteiger partial charge in [0.25, 0.3) is 11.5 Å². The zero-order valence-corrected chi connectivity index (χ0v) is 21.7. The molecule has 0 saturated carbocycles. The molecule has 0 aliphatic carbocycles. The molecule has 1 saturated heterocycles. The average Bonchev–Trinajstić information content (AvgIpc) is 2.89. The molecule has 36 heavy (non-hydrogen) atoms. The predicted molar refractivity (Wildman–Crippen MR) is 143 cm³/mol. The second-order valence-electron chi connectivity index (χ2n) is 8.43. The van der Waals surface area contributed by atoms with Gasteiger partial charge < -0.3 is 24.4 Å². The Morgan fingerprint density at radius 2 is 1.75 bits per heavy atom. The third-order valence-corrected chi connectivity index (χ3v) is 7.00. The summed E-state index contributed by atoms with van der Waals surface area (Å²) >= 11 is 12.1. The Hall–Kier alpha value is -3.07. The van der Waals surface area contributed by atoms with Gasteiger partial charge in [-0.1, -0.05) is 41.4 Å². The number of aromatic nitrogens is 1. The summed E-state index contributed by atoms with van der Waals surface area (Å²) in [4.78, 5) is 43.4. The summed E-state index contributed by atoms with van der Waals surface area (Å²) in [6.45, 7) is 4.58. The molecular formula is C26H28Cl2N4O4. The maximum Gasteiger partial charge on any atom is 0.345 e. The van der Waals surface area contributed by atoms with Crippen LogP contribution in [0.1, 0.15) is 27.6 Å². The minimum Gasteiger partial charge on any atom is -0.462 e. The van der Waals surface area contributed by atoms with Crippen LogP contribution in [0.15, 0.2) is 47.3 Å². The van der Waals surface area contributed by atoms with Gasteiger partial charge in [0.15, 0.2) is 0 Å². The van der Waals surface area contributed by atoms with Gasteiger partial charge in [-0.15, -0.1) is 0 Å². The van der Waals surface area contributed by atoms with Crippen molar-refractivity contribution in [1.82, 2.24) is 14.8 Å². The second kappa shape index (κ2) is 11.3. The Labute approximate surface area is 219 Å². The van der Waals surface area contributed by atoms with E-state index in [1.165, 1.54) is 0 Å². The number of rotatable bonds is 7. The van der Waals surface area contributed by atoms with Gasteiger partial charge in [0, 0.05) is 50.2 Å². The quantitative estimate of drug-likeness (QED) is 0.469.